The summed E-state index contributed by atoms with van der Waals surface area (Å²) in [5, 5.41) is 3.00. The Hall–Kier alpha value is -3.77. The molecule has 0 unspecified atom stereocenters. The number of hydrogen-bond donors (Lipinski definition) is 2. The molecule has 1 aliphatic rings. The fraction of sp³-hybridized carbons (Fsp3) is 0.783. The number of carbonyl (C=O) groups excluding carboxylic acids is 2. The first-order chi connectivity index (χ1) is 35.3. The van der Waals surface area contributed by atoms with Gasteiger partial charge in [-0.3, -0.25) is 14.2 Å². The number of benzene rings is 1. The van der Waals surface area contributed by atoms with Crippen LogP contribution in [-0.4, -0.2) is 93.7 Å². The van der Waals surface area contributed by atoms with Gasteiger partial charge in [-0.05, 0) is 95.6 Å². The Morgan fingerprint density at radius 1 is 0.653 bits per heavy atom. The number of aromatic amines is 1. The lowest BCUT2D eigenvalue weighted by molar-refractivity contribution is -0.139. The second-order valence-corrected chi connectivity index (χ2v) is 21.5. The van der Waals surface area contributed by atoms with Crippen molar-refractivity contribution in [2.45, 2.75) is 264 Å². The highest BCUT2D eigenvalue weighted by Gasteiger charge is 2.27. The van der Waals surface area contributed by atoms with Crippen LogP contribution in [0.5, 0.6) is 6.01 Å². The van der Waals surface area contributed by atoms with Crippen molar-refractivity contribution in [1.82, 2.24) is 29.3 Å². The highest BCUT2D eigenvalue weighted by molar-refractivity contribution is 5.97. The standard InChI is InChI=1S/C60H103N7O5/c1-6-9-12-14-16-18-20-22-24-26-28-32-43-65(4)52-39-41-53(42-40-52)66(44-33-29-27-25-23-21-19-17-15-13-10-7-2)45-34-30-31-38-54(68)61-57-56-58(64-59(63-57)72-46-11-8-3)67(60(70)62-56)49-51-37-35-36-50(47-51)48-55(69)71-5/h35-37,47,52-53H,6-34,38-46,48-49H2,1-5H3,(H,62,70)(H,61,63,64,68)/t52-,53+. The van der Waals surface area contributed by atoms with Crippen molar-refractivity contribution in [3.63, 3.8) is 0 Å². The minimum Gasteiger partial charge on any atom is -0.469 e. The molecular weight excluding hydrogens is 899 g/mol. The molecule has 1 saturated carbocycles. The third-order valence-electron chi connectivity index (χ3n) is 15.3. The van der Waals surface area contributed by atoms with Crippen LogP contribution in [0.25, 0.3) is 11.2 Å². The van der Waals surface area contributed by atoms with E-state index in [1.165, 1.54) is 205 Å². The molecule has 0 saturated heterocycles. The van der Waals surface area contributed by atoms with Crippen LogP contribution in [0, 0.1) is 0 Å². The average molecular weight is 1000 g/mol. The van der Waals surface area contributed by atoms with Crippen molar-refractivity contribution in [2.75, 3.05) is 45.7 Å². The van der Waals surface area contributed by atoms with Gasteiger partial charge in [-0.25, -0.2) is 4.79 Å². The fourth-order valence-corrected chi connectivity index (χ4v) is 10.7. The highest BCUT2D eigenvalue weighted by atomic mass is 16.5. The molecule has 2 heterocycles. The Bertz CT molecular complexity index is 1940. The fourth-order valence-electron chi connectivity index (χ4n) is 10.7. The van der Waals surface area contributed by atoms with Gasteiger partial charge in [0.05, 0.1) is 26.7 Å². The van der Waals surface area contributed by atoms with Gasteiger partial charge < -0.3 is 29.6 Å². The number of aromatic nitrogens is 4. The number of nitrogens with one attached hydrogen (secondary N) is 2. The van der Waals surface area contributed by atoms with Gasteiger partial charge in [0, 0.05) is 18.5 Å². The Morgan fingerprint density at radius 3 is 1.71 bits per heavy atom. The maximum Gasteiger partial charge on any atom is 0.328 e. The van der Waals surface area contributed by atoms with Gasteiger partial charge in [-0.15, -0.1) is 0 Å². The van der Waals surface area contributed by atoms with Gasteiger partial charge in [0.2, 0.25) is 5.91 Å². The zero-order valence-corrected chi connectivity index (χ0v) is 46.5. The third kappa shape index (κ3) is 24.5. The first kappa shape index (κ1) is 60.8. The van der Waals surface area contributed by atoms with E-state index in [0.717, 1.165) is 49.8 Å². The Balaban J connectivity index is 1.25. The van der Waals surface area contributed by atoms with Crippen molar-refractivity contribution < 1.29 is 19.1 Å². The number of rotatable bonds is 43. The minimum absolute atomic E-state index is 0.118. The maximum atomic E-state index is 13.5. The van der Waals surface area contributed by atoms with E-state index >= 15 is 0 Å². The number of ether oxygens (including phenoxy) is 2. The molecule has 1 aromatic carbocycles. The molecule has 0 aliphatic heterocycles. The summed E-state index contributed by atoms with van der Waals surface area (Å²) in [7, 11) is 3.75. The summed E-state index contributed by atoms with van der Waals surface area (Å²) in [4.78, 5) is 56.5. The van der Waals surface area contributed by atoms with E-state index in [1.54, 1.807) is 0 Å². The van der Waals surface area contributed by atoms with Gasteiger partial charge in [-0.2, -0.15) is 9.97 Å². The van der Waals surface area contributed by atoms with E-state index in [1.807, 2.05) is 24.3 Å². The van der Waals surface area contributed by atoms with Gasteiger partial charge in [0.15, 0.2) is 11.5 Å². The largest absolute Gasteiger partial charge is 0.469 e. The molecule has 2 N–H and O–H groups in total. The van der Waals surface area contributed by atoms with Crippen LogP contribution >= 0.6 is 0 Å². The molecule has 4 rings (SSSR count). The molecule has 72 heavy (non-hydrogen) atoms. The Morgan fingerprint density at radius 2 is 1.15 bits per heavy atom. The van der Waals surface area contributed by atoms with Gasteiger partial charge in [0.25, 0.3) is 0 Å². The summed E-state index contributed by atoms with van der Waals surface area (Å²) in [5.74, 6) is -0.227. The number of unbranched alkanes of at least 4 members (excludes halogenated alkanes) is 25. The second kappa shape index (κ2) is 37.9. The quantitative estimate of drug-likeness (QED) is 0.0420. The molecule has 12 nitrogen and oxygen atoms in total. The Kier molecular flexibility index (Phi) is 32.0. The van der Waals surface area contributed by atoms with Crippen molar-refractivity contribution >= 4 is 28.9 Å². The van der Waals surface area contributed by atoms with Crippen LogP contribution in [0.1, 0.15) is 250 Å². The zero-order valence-electron chi connectivity index (χ0n) is 46.5. The average Bonchev–Trinajstić information content (AvgIpc) is 3.70. The lowest BCUT2D eigenvalue weighted by Crippen LogP contribution is -2.44. The van der Waals surface area contributed by atoms with Crippen LogP contribution in [-0.2, 0) is 27.3 Å². The van der Waals surface area contributed by atoms with E-state index in [4.69, 9.17) is 9.47 Å². The molecule has 1 fully saturated rings. The maximum absolute atomic E-state index is 13.5. The number of H-pyrrole nitrogens is 1. The second-order valence-electron chi connectivity index (χ2n) is 21.5. The van der Waals surface area contributed by atoms with Gasteiger partial charge in [0.1, 0.15) is 5.52 Å². The zero-order chi connectivity index (χ0) is 51.4. The van der Waals surface area contributed by atoms with E-state index in [0.29, 0.717) is 36.3 Å². The number of carbonyl (C=O) groups is 2. The van der Waals surface area contributed by atoms with Crippen molar-refractivity contribution in [1.29, 1.82) is 0 Å². The minimum atomic E-state index is -0.373. The van der Waals surface area contributed by atoms with Crippen molar-refractivity contribution in [2.24, 2.45) is 0 Å². The third-order valence-corrected chi connectivity index (χ3v) is 15.3. The van der Waals surface area contributed by atoms with Crippen molar-refractivity contribution in [3.05, 3.63) is 45.9 Å². The molecule has 1 amide bonds. The predicted molar refractivity (Wildman–Crippen MR) is 299 cm³/mol. The molecular formula is C60H103N7O5. The summed E-state index contributed by atoms with van der Waals surface area (Å²) in [6, 6.07) is 8.99. The molecule has 12 heteroatoms. The number of hydrogen-bond acceptors (Lipinski definition) is 9. The Labute approximate surface area is 437 Å². The number of nitrogens with zero attached hydrogens (tertiary/aromatic N) is 5. The highest BCUT2D eigenvalue weighted by Crippen LogP contribution is 2.28. The number of fused-ring (bicyclic) bond motifs is 1. The number of methoxy groups -OCH3 is 1. The van der Waals surface area contributed by atoms with Gasteiger partial charge >= 0.3 is 17.7 Å². The SMILES string of the molecule is CCCCCCCCCCCCCCN(C)[C@H]1CC[C@@H](N(CCCCCCCCCCCCCC)CCCCCC(=O)Nc2nc(OCCCC)nc3c2[nH]c(=O)n3Cc2cccc(CC(=O)OC)c2)CC1. The molecule has 408 valence electrons. The van der Waals surface area contributed by atoms with Crippen LogP contribution < -0.4 is 15.7 Å². The predicted octanol–water partition coefficient (Wildman–Crippen LogP) is 14.5. The molecule has 3 aromatic rings. The van der Waals surface area contributed by atoms with E-state index in [2.05, 4.69) is 57.9 Å². The number of amides is 1. The molecule has 1 aliphatic carbocycles. The van der Waals surface area contributed by atoms with Crippen LogP contribution in [0.15, 0.2) is 29.1 Å². The summed E-state index contributed by atoms with van der Waals surface area (Å²) in [5.41, 5.74) is 1.95. The molecule has 0 atom stereocenters. The molecule has 0 spiro atoms. The summed E-state index contributed by atoms with van der Waals surface area (Å²) in [6.45, 7) is 10.8. The van der Waals surface area contributed by atoms with Crippen LogP contribution in [0.2, 0.25) is 0 Å². The smallest absolute Gasteiger partial charge is 0.328 e. The van der Waals surface area contributed by atoms with Crippen LogP contribution in [0.4, 0.5) is 5.82 Å². The van der Waals surface area contributed by atoms with E-state index in [9.17, 15) is 14.4 Å². The van der Waals surface area contributed by atoms with Crippen molar-refractivity contribution in [3.8, 4) is 6.01 Å². The molecule has 2 aromatic heterocycles. The summed E-state index contributed by atoms with van der Waals surface area (Å²) < 4.78 is 12.3. The molecule has 0 bridgehead atoms. The summed E-state index contributed by atoms with van der Waals surface area (Å²) in [6.07, 6.45) is 43.6. The van der Waals surface area contributed by atoms with E-state index < -0.39 is 0 Å². The first-order valence-corrected chi connectivity index (χ1v) is 29.8. The lowest BCUT2D eigenvalue weighted by Gasteiger charge is -2.40. The lowest BCUT2D eigenvalue weighted by atomic mass is 9.88. The topological polar surface area (TPSA) is 135 Å². The number of anilines is 1. The first-order valence-electron chi connectivity index (χ1n) is 29.8. The molecule has 0 radical (unpaired) electrons. The monoisotopic (exact) mass is 1000 g/mol. The number of imidazole rings is 1. The van der Waals surface area contributed by atoms with Gasteiger partial charge in [-0.1, -0.05) is 199 Å². The van der Waals surface area contributed by atoms with Crippen LogP contribution in [0.3, 0.4) is 0 Å². The normalized spacial score (nSPS) is 15.0. The summed E-state index contributed by atoms with van der Waals surface area (Å²) >= 11 is 0. The van der Waals surface area contributed by atoms with E-state index in [-0.39, 0.29) is 42.4 Å². The number of esters is 1.